The Kier molecular flexibility index (Phi) is 4.37. The normalized spacial score (nSPS) is 10.1. The van der Waals surface area contributed by atoms with Gasteiger partial charge < -0.3 is 15.7 Å². The number of carbonyl (C=O) groups excluding carboxylic acids is 1. The third kappa shape index (κ3) is 3.83. The molecule has 0 aliphatic heterocycles. The number of carboxylic acid groups (broad SMARTS) is 1. The van der Waals surface area contributed by atoms with Crippen LogP contribution in [-0.4, -0.2) is 17.0 Å². The number of carboxylic acids is 1. The third-order valence-corrected chi connectivity index (χ3v) is 3.60. The molecule has 0 saturated carbocycles. The van der Waals surface area contributed by atoms with Crippen molar-refractivity contribution >= 4 is 34.6 Å². The first kappa shape index (κ1) is 14.1. The summed E-state index contributed by atoms with van der Waals surface area (Å²) >= 11 is 1.24. The molecule has 0 bridgehead atoms. The quantitative estimate of drug-likeness (QED) is 0.791. The summed E-state index contributed by atoms with van der Waals surface area (Å²) in [7, 11) is 0. The molecule has 1 heterocycles. The number of hydrogen-bond acceptors (Lipinski definition) is 4. The Morgan fingerprint density at radius 2 is 1.95 bits per heavy atom. The van der Waals surface area contributed by atoms with Crippen molar-refractivity contribution < 1.29 is 14.7 Å². The molecule has 2 aromatic rings. The molecule has 0 radical (unpaired) electrons. The van der Waals surface area contributed by atoms with Crippen LogP contribution in [0, 0.1) is 0 Å². The molecule has 0 spiro atoms. The predicted octanol–water partition coefficient (Wildman–Crippen LogP) is 3.02. The Bertz CT molecular complexity index is 637. The number of amides is 1. The number of aromatic carboxylic acids is 1. The van der Waals surface area contributed by atoms with Gasteiger partial charge in [0.05, 0.1) is 0 Å². The van der Waals surface area contributed by atoms with Crippen LogP contribution in [0.5, 0.6) is 0 Å². The van der Waals surface area contributed by atoms with Crippen molar-refractivity contribution in [3.05, 3.63) is 46.2 Å². The lowest BCUT2D eigenvalue weighted by Crippen LogP contribution is -2.06. The highest BCUT2D eigenvalue weighted by Gasteiger charge is 2.06. The molecule has 1 aromatic heterocycles. The van der Waals surface area contributed by atoms with Crippen LogP contribution < -0.4 is 10.6 Å². The molecule has 104 valence electrons. The zero-order valence-corrected chi connectivity index (χ0v) is 11.7. The molecule has 20 heavy (non-hydrogen) atoms. The van der Waals surface area contributed by atoms with E-state index in [1.165, 1.54) is 18.3 Å². The molecule has 2 rings (SSSR count). The average Bonchev–Trinajstić information content (AvgIpc) is 2.85. The van der Waals surface area contributed by atoms with Crippen LogP contribution in [0.25, 0.3) is 0 Å². The molecule has 0 aliphatic rings. The summed E-state index contributed by atoms with van der Waals surface area (Å²) in [6, 6.07) is 10.7. The van der Waals surface area contributed by atoms with Crippen molar-refractivity contribution in [1.29, 1.82) is 0 Å². The van der Waals surface area contributed by atoms with E-state index in [4.69, 9.17) is 5.11 Å². The fourth-order valence-electron chi connectivity index (χ4n) is 1.69. The molecule has 0 fully saturated rings. The number of anilines is 2. The minimum atomic E-state index is -0.908. The van der Waals surface area contributed by atoms with Gasteiger partial charge in [-0.05, 0) is 30.3 Å². The van der Waals surface area contributed by atoms with Gasteiger partial charge in [0, 0.05) is 29.7 Å². The lowest BCUT2D eigenvalue weighted by molar-refractivity contribution is -0.114. The van der Waals surface area contributed by atoms with Crippen molar-refractivity contribution in [2.45, 2.75) is 13.5 Å². The summed E-state index contributed by atoms with van der Waals surface area (Å²) in [4.78, 5) is 23.0. The molecule has 0 aliphatic carbocycles. The molecule has 0 unspecified atom stereocenters. The zero-order chi connectivity index (χ0) is 14.5. The van der Waals surface area contributed by atoms with Gasteiger partial charge >= 0.3 is 5.97 Å². The highest BCUT2D eigenvalue weighted by atomic mass is 32.1. The summed E-state index contributed by atoms with van der Waals surface area (Å²) < 4.78 is 0. The number of hydrogen-bond donors (Lipinski definition) is 3. The second-order valence-corrected chi connectivity index (χ2v) is 5.35. The molecular weight excluding hydrogens is 276 g/mol. The van der Waals surface area contributed by atoms with Gasteiger partial charge in [-0.2, -0.15) is 0 Å². The van der Waals surface area contributed by atoms with Crippen molar-refractivity contribution in [1.82, 2.24) is 0 Å². The molecule has 1 aromatic carbocycles. The summed E-state index contributed by atoms with van der Waals surface area (Å²) in [5, 5.41) is 14.8. The minimum absolute atomic E-state index is 0.119. The summed E-state index contributed by atoms with van der Waals surface area (Å²) in [6.07, 6.45) is 0. The molecular formula is C14H14N2O3S. The number of benzene rings is 1. The van der Waals surface area contributed by atoms with Crippen molar-refractivity contribution in [3.8, 4) is 0 Å². The molecule has 5 nitrogen and oxygen atoms in total. The van der Waals surface area contributed by atoms with E-state index in [2.05, 4.69) is 10.6 Å². The van der Waals surface area contributed by atoms with Gasteiger partial charge in [0.15, 0.2) is 0 Å². The van der Waals surface area contributed by atoms with E-state index in [1.54, 1.807) is 18.2 Å². The maximum absolute atomic E-state index is 11.0. The minimum Gasteiger partial charge on any atom is -0.477 e. The fourth-order valence-corrected chi connectivity index (χ4v) is 2.47. The van der Waals surface area contributed by atoms with E-state index in [-0.39, 0.29) is 5.91 Å². The molecule has 3 N–H and O–H groups in total. The van der Waals surface area contributed by atoms with E-state index in [1.807, 2.05) is 18.2 Å². The van der Waals surface area contributed by atoms with Crippen LogP contribution in [0.3, 0.4) is 0 Å². The lowest BCUT2D eigenvalue weighted by Gasteiger charge is -2.07. The van der Waals surface area contributed by atoms with Gasteiger partial charge in [-0.1, -0.05) is 6.07 Å². The second kappa shape index (κ2) is 6.21. The van der Waals surface area contributed by atoms with Crippen LogP contribution in [-0.2, 0) is 11.3 Å². The topological polar surface area (TPSA) is 78.4 Å². The van der Waals surface area contributed by atoms with Gasteiger partial charge in [0.25, 0.3) is 0 Å². The van der Waals surface area contributed by atoms with Crippen LogP contribution in [0.4, 0.5) is 11.4 Å². The third-order valence-electron chi connectivity index (χ3n) is 2.52. The number of thiophene rings is 1. The highest BCUT2D eigenvalue weighted by Crippen LogP contribution is 2.20. The van der Waals surface area contributed by atoms with Crippen LogP contribution in [0.1, 0.15) is 21.5 Å². The van der Waals surface area contributed by atoms with Crippen LogP contribution >= 0.6 is 11.3 Å². The highest BCUT2D eigenvalue weighted by molar-refractivity contribution is 7.13. The van der Waals surface area contributed by atoms with Crippen molar-refractivity contribution in [2.24, 2.45) is 0 Å². The largest absolute Gasteiger partial charge is 0.477 e. The molecule has 0 saturated heterocycles. The zero-order valence-electron chi connectivity index (χ0n) is 10.8. The smallest absolute Gasteiger partial charge is 0.345 e. The summed E-state index contributed by atoms with van der Waals surface area (Å²) in [5.41, 5.74) is 1.58. The fraction of sp³-hybridized carbons (Fsp3) is 0.143. The standard InChI is InChI=1S/C14H14N2O3S/c1-9(17)16-11-4-2-3-10(7-11)15-8-12-5-6-13(20-12)14(18)19/h2-7,15H,8H2,1H3,(H,16,17)(H,18,19). The van der Waals surface area contributed by atoms with Gasteiger partial charge in [0.1, 0.15) is 4.88 Å². The first-order valence-electron chi connectivity index (χ1n) is 5.98. The number of carbonyl (C=O) groups is 2. The number of rotatable bonds is 5. The molecule has 6 heteroatoms. The summed E-state index contributed by atoms with van der Waals surface area (Å²) in [5.74, 6) is -1.03. The van der Waals surface area contributed by atoms with Crippen LogP contribution in [0.2, 0.25) is 0 Å². The van der Waals surface area contributed by atoms with E-state index in [0.29, 0.717) is 11.4 Å². The average molecular weight is 290 g/mol. The van der Waals surface area contributed by atoms with E-state index >= 15 is 0 Å². The van der Waals surface area contributed by atoms with Gasteiger partial charge in [-0.25, -0.2) is 4.79 Å². The van der Waals surface area contributed by atoms with E-state index in [0.717, 1.165) is 16.3 Å². The van der Waals surface area contributed by atoms with E-state index in [9.17, 15) is 9.59 Å². The first-order valence-corrected chi connectivity index (χ1v) is 6.80. The lowest BCUT2D eigenvalue weighted by atomic mass is 10.2. The monoisotopic (exact) mass is 290 g/mol. The first-order chi connectivity index (χ1) is 9.54. The molecule has 0 atom stereocenters. The van der Waals surface area contributed by atoms with Gasteiger partial charge in [-0.3, -0.25) is 4.79 Å². The van der Waals surface area contributed by atoms with Crippen molar-refractivity contribution in [2.75, 3.05) is 10.6 Å². The SMILES string of the molecule is CC(=O)Nc1cccc(NCc2ccc(C(=O)O)s2)c1. The predicted molar refractivity (Wildman–Crippen MR) is 79.4 cm³/mol. The second-order valence-electron chi connectivity index (χ2n) is 4.19. The van der Waals surface area contributed by atoms with E-state index < -0.39 is 5.97 Å². The molecule has 1 amide bonds. The Balaban J connectivity index is 1.99. The Morgan fingerprint density at radius 1 is 1.20 bits per heavy atom. The Hall–Kier alpha value is -2.34. The number of nitrogens with one attached hydrogen (secondary N) is 2. The maximum atomic E-state index is 11.0. The van der Waals surface area contributed by atoms with Crippen LogP contribution in [0.15, 0.2) is 36.4 Å². The van der Waals surface area contributed by atoms with Crippen molar-refractivity contribution in [3.63, 3.8) is 0 Å². The van der Waals surface area contributed by atoms with Gasteiger partial charge in [-0.15, -0.1) is 11.3 Å². The maximum Gasteiger partial charge on any atom is 0.345 e. The Morgan fingerprint density at radius 3 is 2.60 bits per heavy atom. The Labute approximate surface area is 120 Å². The summed E-state index contributed by atoms with van der Waals surface area (Å²) in [6.45, 7) is 2.00. The van der Waals surface area contributed by atoms with Gasteiger partial charge in [0.2, 0.25) is 5.91 Å².